The zero-order valence-electron chi connectivity index (χ0n) is 9.97. The van der Waals surface area contributed by atoms with E-state index in [0.29, 0.717) is 18.4 Å². The van der Waals surface area contributed by atoms with Gasteiger partial charge in [0.25, 0.3) is 5.95 Å². The molecule has 7 nitrogen and oxygen atoms in total. The molecular weight excluding hydrogens is 240 g/mol. The maximum Gasteiger partial charge on any atom is 0.265 e. The normalized spacial score (nSPS) is 10.5. The lowest BCUT2D eigenvalue weighted by molar-refractivity contribution is 0.383. The van der Waals surface area contributed by atoms with Crippen LogP contribution in [0.3, 0.4) is 0 Å². The van der Waals surface area contributed by atoms with Crippen molar-refractivity contribution in [2.75, 3.05) is 24.3 Å². The Morgan fingerprint density at radius 2 is 2.18 bits per heavy atom. The third kappa shape index (κ3) is 2.90. The first kappa shape index (κ1) is 11.8. The van der Waals surface area contributed by atoms with Gasteiger partial charge in [-0.1, -0.05) is 6.92 Å². The number of aryl methyl sites for hydroxylation is 1. The summed E-state index contributed by atoms with van der Waals surface area (Å²) in [5.74, 6) is 1.94. The Hall–Kier alpha value is -1.70. The molecule has 0 aliphatic carbocycles. The van der Waals surface area contributed by atoms with Crippen LogP contribution in [0.4, 0.5) is 11.1 Å². The minimum absolute atomic E-state index is 0.458. The predicted molar refractivity (Wildman–Crippen MR) is 65.2 cm³/mol. The van der Waals surface area contributed by atoms with Crippen molar-refractivity contribution in [3.63, 3.8) is 0 Å². The number of aromatic nitrogens is 4. The Balaban J connectivity index is 1.92. The fourth-order valence-corrected chi connectivity index (χ4v) is 1.76. The molecule has 0 amide bonds. The van der Waals surface area contributed by atoms with Gasteiger partial charge < -0.3 is 14.7 Å². The minimum atomic E-state index is 0.458. The van der Waals surface area contributed by atoms with Gasteiger partial charge in [-0.15, -0.1) is 0 Å². The molecule has 0 spiro atoms. The smallest absolute Gasteiger partial charge is 0.265 e. The summed E-state index contributed by atoms with van der Waals surface area (Å²) in [5.41, 5.74) is 0. The molecule has 1 N–H and O–H groups in total. The summed E-state index contributed by atoms with van der Waals surface area (Å²) in [6.07, 6.45) is 0.837. The van der Waals surface area contributed by atoms with Gasteiger partial charge >= 0.3 is 0 Å². The van der Waals surface area contributed by atoms with Crippen molar-refractivity contribution in [1.82, 2.24) is 19.5 Å². The van der Waals surface area contributed by atoms with Crippen molar-refractivity contribution >= 4 is 22.6 Å². The fourth-order valence-electron chi connectivity index (χ4n) is 1.12. The monoisotopic (exact) mass is 254 g/mol. The quantitative estimate of drug-likeness (QED) is 0.857. The van der Waals surface area contributed by atoms with Gasteiger partial charge in [0.1, 0.15) is 5.82 Å². The van der Waals surface area contributed by atoms with E-state index < -0.39 is 0 Å². The molecular formula is C9H14N6OS. The van der Waals surface area contributed by atoms with Crippen LogP contribution in [0.1, 0.15) is 18.6 Å². The Kier molecular flexibility index (Phi) is 3.52. The Bertz CT molecular complexity index is 479. The molecule has 17 heavy (non-hydrogen) atoms. The van der Waals surface area contributed by atoms with Crippen molar-refractivity contribution in [2.45, 2.75) is 19.9 Å². The van der Waals surface area contributed by atoms with Crippen molar-refractivity contribution in [3.8, 4) is 0 Å². The van der Waals surface area contributed by atoms with Crippen molar-refractivity contribution in [3.05, 3.63) is 11.7 Å². The predicted octanol–water partition coefficient (Wildman–Crippen LogP) is 1.16. The van der Waals surface area contributed by atoms with Crippen molar-refractivity contribution in [1.29, 1.82) is 0 Å². The zero-order chi connectivity index (χ0) is 12.3. The number of anilines is 2. The molecule has 2 rings (SSSR count). The highest BCUT2D eigenvalue weighted by Gasteiger charge is 2.08. The number of hydrogen-bond donors (Lipinski definition) is 1. The maximum absolute atomic E-state index is 5.07. The van der Waals surface area contributed by atoms with Crippen LogP contribution in [0.25, 0.3) is 0 Å². The van der Waals surface area contributed by atoms with Crippen molar-refractivity contribution in [2.24, 2.45) is 0 Å². The Labute approximate surface area is 103 Å². The molecule has 2 aromatic rings. The Morgan fingerprint density at radius 3 is 2.76 bits per heavy atom. The van der Waals surface area contributed by atoms with Gasteiger partial charge in [-0.3, -0.25) is 0 Å². The minimum Gasteiger partial charge on any atom is -0.351 e. The summed E-state index contributed by atoms with van der Waals surface area (Å²) >= 11 is 1.33. The molecule has 0 saturated carbocycles. The lowest BCUT2D eigenvalue weighted by Gasteiger charge is -2.02. The van der Waals surface area contributed by atoms with Crippen LogP contribution in [0, 0.1) is 0 Å². The van der Waals surface area contributed by atoms with E-state index in [2.05, 4.69) is 24.8 Å². The fraction of sp³-hybridized carbons (Fsp3) is 0.556. The van der Waals surface area contributed by atoms with E-state index in [9.17, 15) is 0 Å². The average molecular weight is 254 g/mol. The maximum atomic E-state index is 5.07. The SMILES string of the molecule is CCc1nsc(NCc2nc(N(C)C)no2)n1. The van der Waals surface area contributed by atoms with E-state index in [4.69, 9.17) is 4.52 Å². The van der Waals surface area contributed by atoms with E-state index in [0.717, 1.165) is 17.4 Å². The molecule has 2 heterocycles. The Morgan fingerprint density at radius 1 is 1.35 bits per heavy atom. The second-order valence-electron chi connectivity index (χ2n) is 3.61. The molecule has 0 aliphatic rings. The summed E-state index contributed by atoms with van der Waals surface area (Å²) in [7, 11) is 3.72. The first-order valence-corrected chi connectivity index (χ1v) is 6.02. The van der Waals surface area contributed by atoms with Crippen LogP contribution in [-0.2, 0) is 13.0 Å². The lowest BCUT2D eigenvalue weighted by Crippen LogP contribution is -2.10. The van der Waals surface area contributed by atoms with Crippen LogP contribution in [0.5, 0.6) is 0 Å². The van der Waals surface area contributed by atoms with Crippen LogP contribution in [-0.4, -0.2) is 33.6 Å². The van der Waals surface area contributed by atoms with E-state index in [1.54, 1.807) is 4.90 Å². The molecule has 0 fully saturated rings. The standard InChI is InChI=1S/C9H14N6OS/c1-4-6-11-9(17-14-6)10-5-7-12-8(13-16-7)15(2)3/h4-5H2,1-3H3,(H,10,11,14). The highest BCUT2D eigenvalue weighted by atomic mass is 32.1. The van der Waals surface area contributed by atoms with Crippen LogP contribution >= 0.6 is 11.5 Å². The lowest BCUT2D eigenvalue weighted by atomic mass is 10.5. The van der Waals surface area contributed by atoms with Crippen molar-refractivity contribution < 1.29 is 4.52 Å². The van der Waals surface area contributed by atoms with E-state index in [1.807, 2.05) is 21.0 Å². The summed E-state index contributed by atoms with van der Waals surface area (Å²) in [5, 5.41) is 7.68. The number of nitrogens with zero attached hydrogens (tertiary/aromatic N) is 5. The van der Waals surface area contributed by atoms with Crippen LogP contribution < -0.4 is 10.2 Å². The van der Waals surface area contributed by atoms with Gasteiger partial charge in [-0.25, -0.2) is 4.98 Å². The summed E-state index contributed by atoms with van der Waals surface area (Å²) in [6, 6.07) is 0. The summed E-state index contributed by atoms with van der Waals surface area (Å²) in [4.78, 5) is 10.3. The molecule has 0 unspecified atom stereocenters. The van der Waals surface area contributed by atoms with E-state index in [1.165, 1.54) is 11.5 Å². The van der Waals surface area contributed by atoms with Gasteiger partial charge in [0.15, 0.2) is 0 Å². The molecule has 0 atom stereocenters. The second kappa shape index (κ2) is 5.09. The average Bonchev–Trinajstić information content (AvgIpc) is 2.95. The van der Waals surface area contributed by atoms with Crippen LogP contribution in [0.2, 0.25) is 0 Å². The largest absolute Gasteiger partial charge is 0.351 e. The van der Waals surface area contributed by atoms with Gasteiger partial charge in [0.2, 0.25) is 11.0 Å². The summed E-state index contributed by atoms with van der Waals surface area (Å²) in [6.45, 7) is 2.48. The highest BCUT2D eigenvalue weighted by Crippen LogP contribution is 2.13. The molecule has 2 aromatic heterocycles. The topological polar surface area (TPSA) is 80.0 Å². The number of nitrogens with one attached hydrogen (secondary N) is 1. The molecule has 0 radical (unpaired) electrons. The number of rotatable bonds is 5. The molecule has 0 aliphatic heterocycles. The van der Waals surface area contributed by atoms with Gasteiger partial charge in [0.05, 0.1) is 6.54 Å². The van der Waals surface area contributed by atoms with Gasteiger partial charge in [-0.05, 0) is 5.16 Å². The molecule has 92 valence electrons. The zero-order valence-corrected chi connectivity index (χ0v) is 10.8. The van der Waals surface area contributed by atoms with Gasteiger partial charge in [0, 0.05) is 32.0 Å². The first-order chi connectivity index (χ1) is 8.19. The second-order valence-corrected chi connectivity index (χ2v) is 4.36. The van der Waals surface area contributed by atoms with Crippen LogP contribution in [0.15, 0.2) is 4.52 Å². The van der Waals surface area contributed by atoms with E-state index in [-0.39, 0.29) is 0 Å². The molecule has 0 aromatic carbocycles. The molecule has 0 saturated heterocycles. The molecule has 8 heteroatoms. The van der Waals surface area contributed by atoms with E-state index >= 15 is 0 Å². The first-order valence-electron chi connectivity index (χ1n) is 5.25. The third-order valence-electron chi connectivity index (χ3n) is 2.03. The summed E-state index contributed by atoms with van der Waals surface area (Å²) < 4.78 is 9.25. The third-order valence-corrected chi connectivity index (χ3v) is 2.74. The molecule has 0 bridgehead atoms. The van der Waals surface area contributed by atoms with Gasteiger partial charge in [-0.2, -0.15) is 9.36 Å². The highest BCUT2D eigenvalue weighted by molar-refractivity contribution is 7.09. The number of hydrogen-bond acceptors (Lipinski definition) is 8.